The van der Waals surface area contributed by atoms with Crippen molar-refractivity contribution in [3.63, 3.8) is 0 Å². The Kier molecular flexibility index (Phi) is 2.47. The van der Waals surface area contributed by atoms with Crippen LogP contribution in [0.2, 0.25) is 0 Å². The van der Waals surface area contributed by atoms with E-state index >= 15 is 0 Å². The van der Waals surface area contributed by atoms with E-state index < -0.39 is 5.97 Å². The molecule has 0 aliphatic carbocycles. The quantitative estimate of drug-likeness (QED) is 0.283. The topological polar surface area (TPSA) is 80.5 Å². The maximum Gasteiger partial charge on any atom is 0.354 e. The van der Waals surface area contributed by atoms with Crippen LogP contribution in [0.3, 0.4) is 0 Å². The lowest BCUT2D eigenvalue weighted by molar-refractivity contribution is 0.0595. The number of nitrogens with zero attached hydrogens (tertiary/aromatic N) is 1. The number of hydrazone groups is 1. The molecular formula is C7H9N3O2. The van der Waals surface area contributed by atoms with Gasteiger partial charge < -0.3 is 15.6 Å². The number of methoxy groups -OCH3 is 1. The zero-order chi connectivity index (χ0) is 8.97. The summed E-state index contributed by atoms with van der Waals surface area (Å²) < 4.78 is 4.48. The third kappa shape index (κ3) is 1.63. The van der Waals surface area contributed by atoms with Crippen LogP contribution in [0.25, 0.3) is 0 Å². The van der Waals surface area contributed by atoms with E-state index in [0.29, 0.717) is 5.69 Å². The zero-order valence-electron chi connectivity index (χ0n) is 6.57. The first kappa shape index (κ1) is 8.32. The molecule has 12 heavy (non-hydrogen) atoms. The molecule has 0 saturated heterocycles. The van der Waals surface area contributed by atoms with Crippen LogP contribution in [-0.4, -0.2) is 24.3 Å². The van der Waals surface area contributed by atoms with E-state index in [4.69, 9.17) is 5.84 Å². The number of rotatable bonds is 2. The molecule has 0 aliphatic rings. The highest BCUT2D eigenvalue weighted by Gasteiger charge is 2.06. The third-order valence-electron chi connectivity index (χ3n) is 1.33. The molecule has 0 fully saturated rings. The minimum Gasteiger partial charge on any atom is -0.464 e. The fraction of sp³-hybridized carbons (Fsp3) is 0.143. The van der Waals surface area contributed by atoms with Gasteiger partial charge in [0.15, 0.2) is 0 Å². The Morgan fingerprint density at radius 1 is 1.83 bits per heavy atom. The van der Waals surface area contributed by atoms with Crippen LogP contribution in [0.5, 0.6) is 0 Å². The lowest BCUT2D eigenvalue weighted by Crippen LogP contribution is -2.00. The van der Waals surface area contributed by atoms with Crippen molar-refractivity contribution in [2.45, 2.75) is 0 Å². The monoisotopic (exact) mass is 167 g/mol. The number of hydrogen-bond donors (Lipinski definition) is 2. The van der Waals surface area contributed by atoms with Crippen LogP contribution in [0.1, 0.15) is 16.1 Å². The second kappa shape index (κ2) is 3.56. The molecule has 5 nitrogen and oxygen atoms in total. The summed E-state index contributed by atoms with van der Waals surface area (Å²) in [5, 5.41) is 3.31. The minimum absolute atomic E-state index is 0.382. The van der Waals surface area contributed by atoms with Crippen LogP contribution in [-0.2, 0) is 4.74 Å². The van der Waals surface area contributed by atoms with Crippen molar-refractivity contribution >= 4 is 12.2 Å². The number of carbonyl (C=O) groups is 1. The van der Waals surface area contributed by atoms with Gasteiger partial charge >= 0.3 is 5.97 Å². The maximum absolute atomic E-state index is 10.9. The molecule has 0 aliphatic heterocycles. The molecule has 1 rings (SSSR count). The van der Waals surface area contributed by atoms with Gasteiger partial charge in [-0.05, 0) is 6.07 Å². The smallest absolute Gasteiger partial charge is 0.354 e. The number of hydrogen-bond acceptors (Lipinski definition) is 4. The number of H-pyrrole nitrogens is 1. The Bertz CT molecular complexity index is 303. The summed E-state index contributed by atoms with van der Waals surface area (Å²) in [7, 11) is 1.32. The van der Waals surface area contributed by atoms with Crippen molar-refractivity contribution < 1.29 is 9.53 Å². The van der Waals surface area contributed by atoms with Gasteiger partial charge in [-0.2, -0.15) is 5.10 Å². The average Bonchev–Trinajstić information content (AvgIpc) is 2.52. The Morgan fingerprint density at radius 2 is 2.58 bits per heavy atom. The summed E-state index contributed by atoms with van der Waals surface area (Å²) in [6.07, 6.45) is 3.05. The summed E-state index contributed by atoms with van der Waals surface area (Å²) in [4.78, 5) is 13.6. The fourth-order valence-corrected chi connectivity index (χ4v) is 0.799. The minimum atomic E-state index is -0.410. The molecule has 0 unspecified atom stereocenters. The molecule has 0 spiro atoms. The van der Waals surface area contributed by atoms with Crippen LogP contribution >= 0.6 is 0 Å². The predicted molar refractivity (Wildman–Crippen MR) is 43.9 cm³/mol. The summed E-state index contributed by atoms with van der Waals surface area (Å²) in [5.74, 6) is 4.51. The Hall–Kier alpha value is -1.78. The zero-order valence-corrected chi connectivity index (χ0v) is 6.57. The third-order valence-corrected chi connectivity index (χ3v) is 1.33. The van der Waals surface area contributed by atoms with Gasteiger partial charge in [-0.25, -0.2) is 4.79 Å². The van der Waals surface area contributed by atoms with Crippen LogP contribution < -0.4 is 5.84 Å². The van der Waals surface area contributed by atoms with Gasteiger partial charge in [0.2, 0.25) is 0 Å². The van der Waals surface area contributed by atoms with Gasteiger partial charge in [0.05, 0.1) is 13.3 Å². The normalized spacial score (nSPS) is 10.4. The van der Waals surface area contributed by atoms with E-state index in [1.807, 2.05) is 0 Å². The molecule has 0 amide bonds. The van der Waals surface area contributed by atoms with E-state index in [0.717, 1.165) is 5.56 Å². The Labute approximate surface area is 69.2 Å². The van der Waals surface area contributed by atoms with Gasteiger partial charge in [-0.15, -0.1) is 0 Å². The molecule has 0 radical (unpaired) electrons. The molecule has 0 saturated carbocycles. The van der Waals surface area contributed by atoms with Crippen molar-refractivity contribution in [2.24, 2.45) is 10.9 Å². The van der Waals surface area contributed by atoms with Crippen molar-refractivity contribution in [2.75, 3.05) is 7.11 Å². The molecule has 5 heteroatoms. The first-order valence-electron chi connectivity index (χ1n) is 3.28. The lowest BCUT2D eigenvalue weighted by Gasteiger charge is -1.91. The highest BCUT2D eigenvalue weighted by atomic mass is 16.5. The average molecular weight is 167 g/mol. The summed E-state index contributed by atoms with van der Waals surface area (Å²) >= 11 is 0. The highest BCUT2D eigenvalue weighted by molar-refractivity contribution is 5.90. The molecular weight excluding hydrogens is 158 g/mol. The van der Waals surface area contributed by atoms with Gasteiger partial charge in [0.1, 0.15) is 5.69 Å². The lowest BCUT2D eigenvalue weighted by atomic mass is 10.3. The SMILES string of the molecule is COC(=O)c1cc(/C=N/N)c[nH]1. The summed E-state index contributed by atoms with van der Waals surface area (Å²) in [5.41, 5.74) is 1.12. The maximum atomic E-state index is 10.9. The number of esters is 1. The first-order chi connectivity index (χ1) is 5.77. The summed E-state index contributed by atoms with van der Waals surface area (Å²) in [6, 6.07) is 1.60. The molecule has 1 heterocycles. The number of nitrogens with two attached hydrogens (primary N) is 1. The molecule has 1 aromatic rings. The number of carbonyl (C=O) groups excluding carboxylic acids is 1. The van der Waals surface area contributed by atoms with Crippen molar-refractivity contribution in [3.05, 3.63) is 23.5 Å². The van der Waals surface area contributed by atoms with E-state index in [9.17, 15) is 4.79 Å². The van der Waals surface area contributed by atoms with E-state index in [1.165, 1.54) is 13.3 Å². The second-order valence-corrected chi connectivity index (χ2v) is 2.12. The van der Waals surface area contributed by atoms with Gasteiger partial charge in [-0.1, -0.05) is 0 Å². The number of nitrogens with one attached hydrogen (secondary N) is 1. The van der Waals surface area contributed by atoms with E-state index in [2.05, 4.69) is 14.8 Å². The molecule has 0 aromatic carbocycles. The van der Waals surface area contributed by atoms with Gasteiger partial charge in [0, 0.05) is 11.8 Å². The van der Waals surface area contributed by atoms with Gasteiger partial charge in [0.25, 0.3) is 0 Å². The van der Waals surface area contributed by atoms with Crippen LogP contribution in [0.4, 0.5) is 0 Å². The molecule has 0 bridgehead atoms. The van der Waals surface area contributed by atoms with Crippen LogP contribution in [0.15, 0.2) is 17.4 Å². The van der Waals surface area contributed by atoms with E-state index in [1.54, 1.807) is 12.3 Å². The standard InChI is InChI=1S/C7H9N3O2/c1-12-7(11)6-2-5(3-9-6)4-10-8/h2-4,9H,8H2,1H3/b10-4+. The molecule has 0 atom stereocenters. The molecule has 64 valence electrons. The summed E-state index contributed by atoms with van der Waals surface area (Å²) in [6.45, 7) is 0. The predicted octanol–water partition coefficient (Wildman–Crippen LogP) is 0.0939. The Morgan fingerprint density at radius 3 is 3.17 bits per heavy atom. The van der Waals surface area contributed by atoms with Crippen molar-refractivity contribution in [1.82, 2.24) is 4.98 Å². The fourth-order valence-electron chi connectivity index (χ4n) is 0.799. The van der Waals surface area contributed by atoms with Crippen molar-refractivity contribution in [1.29, 1.82) is 0 Å². The van der Waals surface area contributed by atoms with Crippen LogP contribution in [0, 0.1) is 0 Å². The van der Waals surface area contributed by atoms with E-state index in [-0.39, 0.29) is 0 Å². The Balaban J connectivity index is 2.84. The van der Waals surface area contributed by atoms with Gasteiger partial charge in [-0.3, -0.25) is 0 Å². The largest absolute Gasteiger partial charge is 0.464 e. The molecule has 3 N–H and O–H groups in total. The van der Waals surface area contributed by atoms with Crippen molar-refractivity contribution in [3.8, 4) is 0 Å². The number of aromatic nitrogens is 1. The number of ether oxygens (including phenoxy) is 1. The number of aromatic amines is 1. The first-order valence-corrected chi connectivity index (χ1v) is 3.28. The second-order valence-electron chi connectivity index (χ2n) is 2.12. The molecule has 1 aromatic heterocycles. The highest BCUT2D eigenvalue weighted by Crippen LogP contribution is 2.01.